The number of nitrogens with one attached hydrogen (secondary N) is 1. The zero-order chi connectivity index (χ0) is 19.9. The lowest BCUT2D eigenvalue weighted by Crippen LogP contribution is -2.30. The zero-order valence-corrected chi connectivity index (χ0v) is 15.6. The molecule has 0 aromatic rings. The van der Waals surface area contributed by atoms with Crippen molar-refractivity contribution < 1.29 is 23.8 Å². The lowest BCUT2D eigenvalue weighted by Gasteiger charge is -2.25. The van der Waals surface area contributed by atoms with Gasteiger partial charge < -0.3 is 19.5 Å². The highest BCUT2D eigenvalue weighted by Gasteiger charge is 2.36. The van der Waals surface area contributed by atoms with Crippen molar-refractivity contribution in [3.05, 3.63) is 59.0 Å². The predicted octanol–water partition coefficient (Wildman–Crippen LogP) is 2.06. The van der Waals surface area contributed by atoms with Crippen molar-refractivity contribution in [2.45, 2.75) is 12.8 Å². The van der Waals surface area contributed by atoms with Crippen LogP contribution in [0.1, 0.15) is 12.8 Å². The van der Waals surface area contributed by atoms with Crippen molar-refractivity contribution >= 4 is 11.9 Å². The van der Waals surface area contributed by atoms with Gasteiger partial charge in [-0.1, -0.05) is 29.9 Å². The standard InChI is InChI=1S/C21H22N2O5/c1-26-9-10-28-21(25)18-13-23-12-17(20(24)27-8-2-7-22)19(18)14-3-5-15-11-16(15)6-4-14/h3-6,12-13,15,19,23H,2,8-11H2,1H3/t15-,19?/m1/s1. The summed E-state index contributed by atoms with van der Waals surface area (Å²) < 4.78 is 15.4. The number of esters is 2. The van der Waals surface area contributed by atoms with Gasteiger partial charge in [-0.25, -0.2) is 9.59 Å². The maximum atomic E-state index is 12.6. The van der Waals surface area contributed by atoms with Crippen LogP contribution in [0.15, 0.2) is 59.0 Å². The Balaban J connectivity index is 1.85. The quantitative estimate of drug-likeness (QED) is 0.507. The van der Waals surface area contributed by atoms with E-state index in [4.69, 9.17) is 19.5 Å². The van der Waals surface area contributed by atoms with E-state index in [1.807, 2.05) is 24.3 Å². The fourth-order valence-electron chi connectivity index (χ4n) is 3.10. The van der Waals surface area contributed by atoms with Gasteiger partial charge in [-0.15, -0.1) is 0 Å². The van der Waals surface area contributed by atoms with Gasteiger partial charge in [0.15, 0.2) is 0 Å². The van der Waals surface area contributed by atoms with Crippen molar-refractivity contribution in [3.63, 3.8) is 0 Å². The van der Waals surface area contributed by atoms with Gasteiger partial charge >= 0.3 is 11.9 Å². The van der Waals surface area contributed by atoms with Gasteiger partial charge in [-0.05, 0) is 12.0 Å². The van der Waals surface area contributed by atoms with Crippen LogP contribution in [0.25, 0.3) is 0 Å². The lowest BCUT2D eigenvalue weighted by atomic mass is 9.82. The molecule has 3 rings (SSSR count). The second-order valence-corrected chi connectivity index (χ2v) is 6.55. The van der Waals surface area contributed by atoms with E-state index in [0.29, 0.717) is 17.1 Å². The largest absolute Gasteiger partial charge is 0.461 e. The van der Waals surface area contributed by atoms with Crippen LogP contribution >= 0.6 is 0 Å². The highest BCUT2D eigenvalue weighted by molar-refractivity contribution is 5.98. The Bertz CT molecular complexity index is 841. The van der Waals surface area contributed by atoms with Crippen LogP contribution in [0.3, 0.4) is 0 Å². The van der Waals surface area contributed by atoms with Crippen molar-refractivity contribution in [1.82, 2.24) is 5.32 Å². The van der Waals surface area contributed by atoms with E-state index in [2.05, 4.69) is 11.4 Å². The highest BCUT2D eigenvalue weighted by atomic mass is 16.6. The molecule has 1 fully saturated rings. The monoisotopic (exact) mass is 382 g/mol. The number of hydrogen-bond donors (Lipinski definition) is 1. The summed E-state index contributed by atoms with van der Waals surface area (Å²) in [5.41, 5.74) is 2.75. The molecule has 3 aliphatic rings. The third-order valence-corrected chi connectivity index (χ3v) is 4.65. The molecule has 7 nitrogen and oxygen atoms in total. The van der Waals surface area contributed by atoms with Crippen LogP contribution in [0.4, 0.5) is 0 Å². The molecule has 1 aliphatic heterocycles. The fourth-order valence-corrected chi connectivity index (χ4v) is 3.10. The van der Waals surface area contributed by atoms with E-state index >= 15 is 0 Å². The van der Waals surface area contributed by atoms with Gasteiger partial charge in [0.05, 0.1) is 36.2 Å². The number of dihydropyridines is 1. The third kappa shape index (κ3) is 4.59. The van der Waals surface area contributed by atoms with Crippen molar-refractivity contribution in [1.29, 1.82) is 5.26 Å². The van der Waals surface area contributed by atoms with Crippen LogP contribution in [-0.4, -0.2) is 38.9 Å². The summed E-state index contributed by atoms with van der Waals surface area (Å²) in [7, 11) is 1.52. The molecule has 1 N–H and O–H groups in total. The Morgan fingerprint density at radius 3 is 2.54 bits per heavy atom. The predicted molar refractivity (Wildman–Crippen MR) is 100 cm³/mol. The van der Waals surface area contributed by atoms with Crippen LogP contribution < -0.4 is 5.32 Å². The first-order valence-electron chi connectivity index (χ1n) is 9.11. The van der Waals surface area contributed by atoms with Crippen LogP contribution in [-0.2, 0) is 23.8 Å². The summed E-state index contributed by atoms with van der Waals surface area (Å²) in [4.78, 5) is 25.2. The van der Waals surface area contributed by atoms with Gasteiger partial charge in [-0.3, -0.25) is 0 Å². The molecule has 1 unspecified atom stereocenters. The van der Waals surface area contributed by atoms with Gasteiger partial charge in [0, 0.05) is 25.4 Å². The third-order valence-electron chi connectivity index (χ3n) is 4.65. The molecule has 0 aromatic carbocycles. The number of carbonyl (C=O) groups is 2. The maximum absolute atomic E-state index is 12.6. The maximum Gasteiger partial charge on any atom is 0.336 e. The molecular formula is C21H22N2O5. The van der Waals surface area contributed by atoms with E-state index in [9.17, 15) is 9.59 Å². The molecule has 1 heterocycles. The number of nitrogens with zero attached hydrogens (tertiary/aromatic N) is 1. The summed E-state index contributed by atoms with van der Waals surface area (Å²) >= 11 is 0. The second-order valence-electron chi connectivity index (χ2n) is 6.55. The molecular weight excluding hydrogens is 360 g/mol. The first kappa shape index (κ1) is 19.6. The Morgan fingerprint density at radius 1 is 1.14 bits per heavy atom. The summed E-state index contributed by atoms with van der Waals surface area (Å²) in [6.45, 7) is 0.399. The number of rotatable bonds is 8. The molecule has 7 heteroatoms. The molecule has 0 spiro atoms. The number of ether oxygens (including phenoxy) is 3. The average molecular weight is 382 g/mol. The Kier molecular flexibility index (Phi) is 6.45. The number of allylic oxidation sites excluding steroid dienone is 6. The summed E-state index contributed by atoms with van der Waals surface area (Å²) in [5.74, 6) is -1.27. The van der Waals surface area contributed by atoms with Gasteiger partial charge in [-0.2, -0.15) is 5.26 Å². The number of methoxy groups -OCH3 is 1. The Hall–Kier alpha value is -3.11. The molecule has 28 heavy (non-hydrogen) atoms. The first-order chi connectivity index (χ1) is 13.7. The average Bonchev–Trinajstić information content (AvgIpc) is 3.47. The molecule has 2 atom stereocenters. The van der Waals surface area contributed by atoms with Crippen LogP contribution in [0, 0.1) is 23.2 Å². The number of nitriles is 1. The zero-order valence-electron chi connectivity index (χ0n) is 15.6. The summed E-state index contributed by atoms with van der Waals surface area (Å²) in [5, 5.41) is 11.5. The topological polar surface area (TPSA) is 97.7 Å². The number of fused-ring (bicyclic) bond motifs is 1. The minimum Gasteiger partial charge on any atom is -0.461 e. The molecule has 0 aromatic heterocycles. The van der Waals surface area contributed by atoms with Crippen molar-refractivity contribution in [2.24, 2.45) is 11.8 Å². The number of hydrogen-bond acceptors (Lipinski definition) is 7. The van der Waals surface area contributed by atoms with E-state index < -0.39 is 17.9 Å². The van der Waals surface area contributed by atoms with Gasteiger partial charge in [0.2, 0.25) is 0 Å². The van der Waals surface area contributed by atoms with Crippen molar-refractivity contribution in [2.75, 3.05) is 26.9 Å². The highest BCUT2D eigenvalue weighted by Crippen LogP contribution is 2.42. The number of carbonyl (C=O) groups excluding carboxylic acids is 2. The van der Waals surface area contributed by atoms with E-state index in [0.717, 1.165) is 12.0 Å². The molecule has 2 aliphatic carbocycles. The summed E-state index contributed by atoms with van der Waals surface area (Å²) in [6.07, 6.45) is 12.2. The fraction of sp³-hybridized carbons (Fsp3) is 0.381. The lowest BCUT2D eigenvalue weighted by molar-refractivity contribution is -0.141. The molecule has 0 radical (unpaired) electrons. The molecule has 146 valence electrons. The first-order valence-corrected chi connectivity index (χ1v) is 9.11. The van der Waals surface area contributed by atoms with Crippen LogP contribution in [0.5, 0.6) is 0 Å². The van der Waals surface area contributed by atoms with Crippen molar-refractivity contribution in [3.8, 4) is 6.07 Å². The molecule has 0 amide bonds. The minimum absolute atomic E-state index is 0.00224. The normalized spacial score (nSPS) is 22.1. The van der Waals surface area contributed by atoms with E-state index in [1.54, 1.807) is 6.20 Å². The minimum atomic E-state index is -0.614. The summed E-state index contributed by atoms with van der Waals surface area (Å²) in [6, 6.07) is 1.93. The van der Waals surface area contributed by atoms with E-state index in [1.165, 1.54) is 18.9 Å². The smallest absolute Gasteiger partial charge is 0.336 e. The molecule has 0 bridgehead atoms. The van der Waals surface area contributed by atoms with Gasteiger partial charge in [0.25, 0.3) is 0 Å². The Morgan fingerprint density at radius 2 is 1.86 bits per heavy atom. The Labute approximate surface area is 163 Å². The van der Waals surface area contributed by atoms with Gasteiger partial charge in [0.1, 0.15) is 13.2 Å². The van der Waals surface area contributed by atoms with E-state index in [-0.39, 0.29) is 26.2 Å². The van der Waals surface area contributed by atoms with Crippen LogP contribution in [0.2, 0.25) is 0 Å². The molecule has 0 saturated heterocycles. The SMILES string of the molecule is COCCOC(=O)C1=CNC=C(C(=O)OCCC#N)C1C1=CC=C2C[C@H]2C=C1. The molecule has 1 saturated carbocycles. The second kappa shape index (κ2) is 9.20.